The number of rotatable bonds is 3. The van der Waals surface area contributed by atoms with Crippen LogP contribution in [0.1, 0.15) is 38.9 Å². The smallest absolute Gasteiger partial charge is 0.291 e. The molecule has 130 valence electrons. The molecule has 0 bridgehead atoms. The highest BCUT2D eigenvalue weighted by molar-refractivity contribution is 7.19. The van der Waals surface area contributed by atoms with Crippen molar-refractivity contribution < 1.29 is 4.79 Å². The molecule has 8 heteroatoms. The van der Waals surface area contributed by atoms with Gasteiger partial charge in [-0.2, -0.15) is 4.52 Å². The molecule has 4 heterocycles. The molecule has 0 saturated heterocycles. The molecule has 1 N–H and O–H groups in total. The van der Waals surface area contributed by atoms with E-state index in [9.17, 15) is 4.79 Å². The Labute approximate surface area is 153 Å². The number of nitrogens with zero attached hydrogens (tertiary/aromatic N) is 5. The summed E-state index contributed by atoms with van der Waals surface area (Å²) in [5.41, 5.74) is 3.00. The molecule has 0 radical (unpaired) electrons. The topological polar surface area (TPSA) is 85.1 Å². The van der Waals surface area contributed by atoms with Gasteiger partial charge in [-0.3, -0.25) is 9.78 Å². The zero-order valence-electron chi connectivity index (χ0n) is 14.2. The Hall–Kier alpha value is -2.87. The van der Waals surface area contributed by atoms with E-state index in [1.54, 1.807) is 28.2 Å². The molecule has 0 saturated carbocycles. The second kappa shape index (κ2) is 5.84. The summed E-state index contributed by atoms with van der Waals surface area (Å²) in [4.78, 5) is 28.2. The first kappa shape index (κ1) is 15.4. The van der Waals surface area contributed by atoms with Gasteiger partial charge in [0.05, 0.1) is 5.39 Å². The number of aromatic nitrogens is 5. The predicted molar refractivity (Wildman–Crippen MR) is 98.3 cm³/mol. The average molecular weight is 364 g/mol. The Morgan fingerprint density at radius 1 is 1.35 bits per heavy atom. The van der Waals surface area contributed by atoms with Crippen LogP contribution in [-0.4, -0.2) is 30.5 Å². The summed E-state index contributed by atoms with van der Waals surface area (Å²) in [6.45, 7) is 2.28. The molecule has 26 heavy (non-hydrogen) atoms. The van der Waals surface area contributed by atoms with E-state index in [0.717, 1.165) is 40.1 Å². The van der Waals surface area contributed by atoms with Gasteiger partial charge in [-0.25, -0.2) is 9.97 Å². The fourth-order valence-electron chi connectivity index (χ4n) is 3.45. The second-order valence-corrected chi connectivity index (χ2v) is 7.49. The number of carbonyl (C=O) groups is 1. The Kier molecular flexibility index (Phi) is 3.46. The molecule has 0 aliphatic heterocycles. The lowest BCUT2D eigenvalue weighted by atomic mass is 10.2. The highest BCUT2D eigenvalue weighted by Crippen LogP contribution is 2.38. The van der Waals surface area contributed by atoms with Gasteiger partial charge in [0.2, 0.25) is 5.82 Å². The highest BCUT2D eigenvalue weighted by atomic mass is 32.1. The lowest BCUT2D eigenvalue weighted by Crippen LogP contribution is -2.24. The van der Waals surface area contributed by atoms with Crippen molar-refractivity contribution in [3.8, 4) is 0 Å². The van der Waals surface area contributed by atoms with Crippen molar-refractivity contribution in [1.29, 1.82) is 0 Å². The maximum atomic E-state index is 12.5. The maximum absolute atomic E-state index is 12.5. The molecule has 4 aromatic heterocycles. The van der Waals surface area contributed by atoms with E-state index in [0.29, 0.717) is 6.54 Å². The minimum Gasteiger partial charge on any atom is -0.345 e. The molecule has 1 amide bonds. The van der Waals surface area contributed by atoms with Crippen molar-refractivity contribution in [2.45, 2.75) is 32.7 Å². The van der Waals surface area contributed by atoms with Crippen LogP contribution >= 0.6 is 11.3 Å². The van der Waals surface area contributed by atoms with Crippen molar-refractivity contribution in [3.05, 3.63) is 52.2 Å². The molecule has 1 aliphatic rings. The predicted octanol–water partition coefficient (Wildman–Crippen LogP) is 2.46. The van der Waals surface area contributed by atoms with Crippen molar-refractivity contribution in [3.63, 3.8) is 0 Å². The monoisotopic (exact) mass is 364 g/mol. The van der Waals surface area contributed by atoms with Gasteiger partial charge in [-0.1, -0.05) is 6.07 Å². The third kappa shape index (κ3) is 2.37. The lowest BCUT2D eigenvalue weighted by Gasteiger charge is -2.01. The third-order valence-corrected chi connectivity index (χ3v) is 5.87. The number of hydrogen-bond acceptors (Lipinski definition) is 6. The molecular weight excluding hydrogens is 348 g/mol. The Morgan fingerprint density at radius 3 is 3.12 bits per heavy atom. The van der Waals surface area contributed by atoms with E-state index >= 15 is 0 Å². The first-order valence-corrected chi connectivity index (χ1v) is 9.37. The first-order chi connectivity index (χ1) is 12.7. The molecule has 7 nitrogen and oxygen atoms in total. The van der Waals surface area contributed by atoms with Gasteiger partial charge in [0, 0.05) is 23.8 Å². The van der Waals surface area contributed by atoms with Crippen molar-refractivity contribution >= 4 is 33.1 Å². The lowest BCUT2D eigenvalue weighted by molar-refractivity contribution is 0.0940. The molecule has 0 aromatic carbocycles. The van der Waals surface area contributed by atoms with Crippen LogP contribution in [0.2, 0.25) is 0 Å². The molecule has 0 spiro atoms. The largest absolute Gasteiger partial charge is 0.345 e. The molecule has 0 atom stereocenters. The number of hydrogen-bond donors (Lipinski definition) is 1. The SMILES string of the molecule is Cc1nc2sc3c(c2c2nc(C(=O)NCc4cccnc4)nn12)CCC3. The summed E-state index contributed by atoms with van der Waals surface area (Å²) in [6.07, 6.45) is 6.75. The van der Waals surface area contributed by atoms with Gasteiger partial charge in [-0.15, -0.1) is 16.4 Å². The van der Waals surface area contributed by atoms with Crippen molar-refractivity contribution in [2.75, 3.05) is 0 Å². The number of fused-ring (bicyclic) bond motifs is 5. The van der Waals surface area contributed by atoms with E-state index in [1.807, 2.05) is 19.1 Å². The van der Waals surface area contributed by atoms with E-state index < -0.39 is 0 Å². The second-order valence-electron chi connectivity index (χ2n) is 6.41. The van der Waals surface area contributed by atoms with Gasteiger partial charge in [0.25, 0.3) is 5.91 Å². The number of thiophene rings is 1. The highest BCUT2D eigenvalue weighted by Gasteiger charge is 2.24. The van der Waals surface area contributed by atoms with Crippen LogP contribution in [0.25, 0.3) is 15.9 Å². The Morgan fingerprint density at radius 2 is 2.27 bits per heavy atom. The van der Waals surface area contributed by atoms with Gasteiger partial charge < -0.3 is 5.32 Å². The minimum atomic E-state index is -0.294. The van der Waals surface area contributed by atoms with E-state index in [1.165, 1.54) is 16.9 Å². The number of amides is 1. The summed E-state index contributed by atoms with van der Waals surface area (Å²) in [6, 6.07) is 3.75. The number of aryl methyl sites for hydroxylation is 3. The zero-order chi connectivity index (χ0) is 17.7. The van der Waals surface area contributed by atoms with Gasteiger partial charge in [0.1, 0.15) is 10.7 Å². The zero-order valence-corrected chi connectivity index (χ0v) is 15.0. The third-order valence-electron chi connectivity index (χ3n) is 4.68. The van der Waals surface area contributed by atoms with E-state index in [-0.39, 0.29) is 11.7 Å². The fourth-order valence-corrected chi connectivity index (χ4v) is 4.75. The number of pyridine rings is 1. The minimum absolute atomic E-state index is 0.171. The van der Waals surface area contributed by atoms with E-state index in [2.05, 4.69) is 25.4 Å². The molecule has 5 rings (SSSR count). The van der Waals surface area contributed by atoms with Crippen LogP contribution in [0.3, 0.4) is 0 Å². The van der Waals surface area contributed by atoms with Crippen LogP contribution in [0.4, 0.5) is 0 Å². The van der Waals surface area contributed by atoms with Crippen molar-refractivity contribution in [1.82, 2.24) is 29.9 Å². The average Bonchev–Trinajstić information content (AvgIpc) is 3.34. The standard InChI is InChI=1S/C18H16N6OS/c1-10-21-18-14(12-5-2-6-13(12)26-18)16-22-15(23-24(10)16)17(25)20-9-11-4-3-7-19-8-11/h3-4,7-8H,2,5-6,9H2,1H3,(H,20,25). The van der Waals surface area contributed by atoms with Crippen LogP contribution in [0.5, 0.6) is 0 Å². The van der Waals surface area contributed by atoms with Crippen LogP contribution in [-0.2, 0) is 19.4 Å². The van der Waals surface area contributed by atoms with Gasteiger partial charge in [-0.05, 0) is 43.4 Å². The Balaban J connectivity index is 1.54. The summed E-state index contributed by atoms with van der Waals surface area (Å²) >= 11 is 1.74. The fraction of sp³-hybridized carbons (Fsp3) is 0.278. The maximum Gasteiger partial charge on any atom is 0.291 e. The van der Waals surface area contributed by atoms with Gasteiger partial charge in [0.15, 0.2) is 5.65 Å². The quantitative estimate of drug-likeness (QED) is 0.604. The summed E-state index contributed by atoms with van der Waals surface area (Å²) in [7, 11) is 0. The van der Waals surface area contributed by atoms with Crippen LogP contribution in [0, 0.1) is 6.92 Å². The summed E-state index contributed by atoms with van der Waals surface area (Å²) in [5, 5.41) is 8.32. The molecule has 1 aliphatic carbocycles. The van der Waals surface area contributed by atoms with Crippen LogP contribution in [0.15, 0.2) is 24.5 Å². The molecular formula is C18H16N6OS. The number of nitrogens with one attached hydrogen (secondary N) is 1. The van der Waals surface area contributed by atoms with Crippen LogP contribution < -0.4 is 5.32 Å². The van der Waals surface area contributed by atoms with Gasteiger partial charge >= 0.3 is 0 Å². The molecule has 0 unspecified atom stereocenters. The van der Waals surface area contributed by atoms with Crippen molar-refractivity contribution in [2.24, 2.45) is 0 Å². The molecule has 0 fully saturated rings. The first-order valence-electron chi connectivity index (χ1n) is 8.55. The van der Waals surface area contributed by atoms with E-state index in [4.69, 9.17) is 0 Å². The summed E-state index contributed by atoms with van der Waals surface area (Å²) < 4.78 is 1.69. The number of carbonyl (C=O) groups excluding carboxylic acids is 1. The summed E-state index contributed by atoms with van der Waals surface area (Å²) in [5.74, 6) is 0.618. The Bertz CT molecular complexity index is 1150. The normalized spacial score (nSPS) is 13.4. The molecule has 4 aromatic rings.